The van der Waals surface area contributed by atoms with Crippen LogP contribution in [0.4, 0.5) is 14.9 Å². The molecule has 0 fully saturated rings. The van der Waals surface area contributed by atoms with Crippen LogP contribution in [0, 0.1) is 5.82 Å². The summed E-state index contributed by atoms with van der Waals surface area (Å²) in [6.45, 7) is 0. The van der Waals surface area contributed by atoms with Gasteiger partial charge in [-0.15, -0.1) is 0 Å². The maximum Gasteiger partial charge on any atom is 0.347 e. The smallest absolute Gasteiger partial charge is 0.305 e. The molecule has 122 valence electrons. The molecule has 0 saturated heterocycles. The van der Waals surface area contributed by atoms with Crippen LogP contribution in [0.1, 0.15) is 0 Å². The van der Waals surface area contributed by atoms with Crippen LogP contribution in [0.25, 0.3) is 22.0 Å². The lowest BCUT2D eigenvalue weighted by molar-refractivity contribution is 0.252. The molecule has 0 atom stereocenters. The first-order valence-corrected chi connectivity index (χ1v) is 7.51. The Morgan fingerprint density at radius 2 is 1.92 bits per heavy atom. The van der Waals surface area contributed by atoms with Crippen LogP contribution in [0.2, 0.25) is 0 Å². The Balaban J connectivity index is 1.67. The molecule has 4 aromatic rings. The highest BCUT2D eigenvalue weighted by atomic mass is 19.1. The second kappa shape index (κ2) is 6.12. The fourth-order valence-electron chi connectivity index (χ4n) is 2.56. The summed E-state index contributed by atoms with van der Waals surface area (Å²) in [4.78, 5) is 20.2. The van der Waals surface area contributed by atoms with Gasteiger partial charge in [-0.2, -0.15) is 9.78 Å². The van der Waals surface area contributed by atoms with Crippen molar-refractivity contribution in [3.8, 4) is 11.1 Å². The topological polar surface area (TPSA) is 72.7 Å². The highest BCUT2D eigenvalue weighted by molar-refractivity contribution is 5.98. The summed E-state index contributed by atoms with van der Waals surface area (Å²) in [7, 11) is 0. The van der Waals surface area contributed by atoms with E-state index in [2.05, 4.69) is 20.4 Å². The van der Waals surface area contributed by atoms with Gasteiger partial charge in [0.15, 0.2) is 0 Å². The molecule has 0 aliphatic carbocycles. The number of halogens is 1. The van der Waals surface area contributed by atoms with Crippen LogP contribution in [0.5, 0.6) is 0 Å². The molecule has 1 amide bonds. The lowest BCUT2D eigenvalue weighted by atomic mass is 10.1. The third kappa shape index (κ3) is 2.94. The van der Waals surface area contributed by atoms with Crippen molar-refractivity contribution in [3.05, 3.63) is 73.2 Å². The summed E-state index contributed by atoms with van der Waals surface area (Å²) in [6, 6.07) is 9.91. The number of carbonyl (C=O) groups excluding carboxylic acids is 1. The number of carbonyl (C=O) groups is 1. The molecule has 6 nitrogen and oxygen atoms in total. The van der Waals surface area contributed by atoms with Crippen molar-refractivity contribution in [2.24, 2.45) is 0 Å². The summed E-state index contributed by atoms with van der Waals surface area (Å²) in [5.41, 5.74) is 2.69. The first-order valence-electron chi connectivity index (χ1n) is 7.51. The van der Waals surface area contributed by atoms with Gasteiger partial charge in [-0.3, -0.25) is 9.97 Å². The lowest BCUT2D eigenvalue weighted by Gasteiger charge is -2.06. The van der Waals surface area contributed by atoms with Crippen LogP contribution in [-0.4, -0.2) is 25.8 Å². The number of amides is 1. The molecule has 0 aliphatic rings. The molecule has 4 rings (SSSR count). The predicted molar refractivity (Wildman–Crippen MR) is 91.6 cm³/mol. The van der Waals surface area contributed by atoms with Gasteiger partial charge in [-0.05, 0) is 35.9 Å². The van der Waals surface area contributed by atoms with Crippen molar-refractivity contribution in [2.75, 3.05) is 5.32 Å². The standard InChI is InChI=1S/C18H12FN5O/c19-15-7-13(8-21-10-15)12-3-4-17-14(6-12)9-22-24(17)18(25)23-16-2-1-5-20-11-16/h1-11H,(H,23,25). The largest absolute Gasteiger partial charge is 0.347 e. The summed E-state index contributed by atoms with van der Waals surface area (Å²) >= 11 is 0. The second-order valence-corrected chi connectivity index (χ2v) is 5.39. The van der Waals surface area contributed by atoms with Crippen LogP contribution in [0.3, 0.4) is 0 Å². The first kappa shape index (κ1) is 14.9. The molecular weight excluding hydrogens is 321 g/mol. The molecule has 0 saturated carbocycles. The number of rotatable bonds is 2. The van der Waals surface area contributed by atoms with Crippen molar-refractivity contribution in [1.29, 1.82) is 0 Å². The van der Waals surface area contributed by atoms with E-state index in [9.17, 15) is 9.18 Å². The fraction of sp³-hybridized carbons (Fsp3) is 0. The van der Waals surface area contributed by atoms with E-state index >= 15 is 0 Å². The number of anilines is 1. The van der Waals surface area contributed by atoms with Crippen LogP contribution >= 0.6 is 0 Å². The van der Waals surface area contributed by atoms with Crippen LogP contribution < -0.4 is 5.32 Å². The number of fused-ring (bicyclic) bond motifs is 1. The SMILES string of the molecule is O=C(Nc1cccnc1)n1ncc2cc(-c3cncc(F)c3)ccc21. The Labute approximate surface area is 142 Å². The molecule has 0 bridgehead atoms. The summed E-state index contributed by atoms with van der Waals surface area (Å²) in [5, 5.41) is 7.63. The van der Waals surface area contributed by atoms with Gasteiger partial charge in [-0.1, -0.05) is 6.07 Å². The third-order valence-corrected chi connectivity index (χ3v) is 3.71. The van der Waals surface area contributed by atoms with Gasteiger partial charge in [-0.25, -0.2) is 9.18 Å². The predicted octanol–water partition coefficient (Wildman–Crippen LogP) is 3.71. The van der Waals surface area contributed by atoms with E-state index in [1.807, 2.05) is 6.07 Å². The quantitative estimate of drug-likeness (QED) is 0.607. The highest BCUT2D eigenvalue weighted by Gasteiger charge is 2.12. The Hall–Kier alpha value is -3.61. The molecular formula is C18H12FN5O. The van der Waals surface area contributed by atoms with Gasteiger partial charge >= 0.3 is 6.03 Å². The van der Waals surface area contributed by atoms with Gasteiger partial charge in [0.25, 0.3) is 0 Å². The molecule has 0 unspecified atom stereocenters. The number of hydrogen-bond donors (Lipinski definition) is 1. The number of aromatic nitrogens is 4. The molecule has 1 N–H and O–H groups in total. The van der Waals surface area contributed by atoms with Crippen molar-refractivity contribution in [3.63, 3.8) is 0 Å². The monoisotopic (exact) mass is 333 g/mol. The Morgan fingerprint density at radius 1 is 1.00 bits per heavy atom. The zero-order valence-electron chi connectivity index (χ0n) is 12.9. The van der Waals surface area contributed by atoms with Crippen molar-refractivity contribution in [1.82, 2.24) is 19.7 Å². The van der Waals surface area contributed by atoms with E-state index in [1.165, 1.54) is 10.7 Å². The number of hydrogen-bond acceptors (Lipinski definition) is 4. The minimum absolute atomic E-state index is 0.386. The molecule has 3 heterocycles. The highest BCUT2D eigenvalue weighted by Crippen LogP contribution is 2.24. The number of nitrogens with zero attached hydrogens (tertiary/aromatic N) is 4. The summed E-state index contributed by atoms with van der Waals surface area (Å²) in [6.07, 6.45) is 7.52. The molecule has 1 aromatic carbocycles. The minimum atomic E-state index is -0.399. The van der Waals surface area contributed by atoms with Crippen LogP contribution in [-0.2, 0) is 0 Å². The molecule has 0 radical (unpaired) electrons. The summed E-state index contributed by atoms with van der Waals surface area (Å²) < 4.78 is 14.6. The van der Waals surface area contributed by atoms with Crippen molar-refractivity contribution >= 4 is 22.6 Å². The molecule has 25 heavy (non-hydrogen) atoms. The second-order valence-electron chi connectivity index (χ2n) is 5.39. The van der Waals surface area contributed by atoms with E-state index < -0.39 is 5.82 Å². The minimum Gasteiger partial charge on any atom is -0.305 e. The lowest BCUT2D eigenvalue weighted by Crippen LogP contribution is -2.20. The van der Waals surface area contributed by atoms with Gasteiger partial charge in [0.2, 0.25) is 0 Å². The fourth-order valence-corrected chi connectivity index (χ4v) is 2.56. The van der Waals surface area contributed by atoms with E-state index in [0.717, 1.165) is 17.1 Å². The Kier molecular flexibility index (Phi) is 3.66. The zero-order valence-corrected chi connectivity index (χ0v) is 12.9. The van der Waals surface area contributed by atoms with Gasteiger partial charge < -0.3 is 5.32 Å². The number of pyridine rings is 2. The van der Waals surface area contributed by atoms with Gasteiger partial charge in [0, 0.05) is 23.3 Å². The van der Waals surface area contributed by atoms with Gasteiger partial charge in [0.1, 0.15) is 5.82 Å². The Morgan fingerprint density at radius 3 is 2.72 bits per heavy atom. The maximum absolute atomic E-state index is 13.3. The molecule has 0 spiro atoms. The van der Waals surface area contributed by atoms with Crippen LogP contribution in [0.15, 0.2) is 67.4 Å². The van der Waals surface area contributed by atoms with E-state index in [4.69, 9.17) is 0 Å². The summed E-state index contributed by atoms with van der Waals surface area (Å²) in [5.74, 6) is -0.399. The number of benzene rings is 1. The average molecular weight is 333 g/mol. The average Bonchev–Trinajstić information content (AvgIpc) is 3.06. The van der Waals surface area contributed by atoms with Crippen molar-refractivity contribution < 1.29 is 9.18 Å². The molecule has 3 aromatic heterocycles. The number of nitrogens with one attached hydrogen (secondary N) is 1. The maximum atomic E-state index is 13.3. The third-order valence-electron chi connectivity index (χ3n) is 3.71. The first-order chi connectivity index (χ1) is 12.2. The zero-order chi connectivity index (χ0) is 17.2. The van der Waals surface area contributed by atoms with Crippen molar-refractivity contribution in [2.45, 2.75) is 0 Å². The normalized spacial score (nSPS) is 10.8. The van der Waals surface area contributed by atoms with E-state index in [-0.39, 0.29) is 6.03 Å². The molecule has 0 aliphatic heterocycles. The Bertz CT molecular complexity index is 1060. The molecule has 7 heteroatoms. The van der Waals surface area contributed by atoms with E-state index in [1.54, 1.807) is 49.1 Å². The van der Waals surface area contributed by atoms with Gasteiger partial charge in [0.05, 0.1) is 29.8 Å². The van der Waals surface area contributed by atoms with E-state index in [0.29, 0.717) is 16.8 Å².